The Balaban J connectivity index is 1.76. The molecule has 0 spiro atoms. The van der Waals surface area contributed by atoms with E-state index in [1.54, 1.807) is 6.08 Å². The SMILES string of the molecule is C=CCN1CC(c2nc3ccccc3n2Cc2ccccc2Cl)CC1=O. The van der Waals surface area contributed by atoms with Crippen LogP contribution in [0.1, 0.15) is 23.7 Å². The minimum atomic E-state index is 0.0809. The number of likely N-dealkylation sites (tertiary alicyclic amines) is 1. The summed E-state index contributed by atoms with van der Waals surface area (Å²) >= 11 is 6.38. The molecule has 132 valence electrons. The number of para-hydroxylation sites is 2. The number of amides is 1. The molecule has 2 aromatic carbocycles. The molecule has 1 unspecified atom stereocenters. The fraction of sp³-hybridized carbons (Fsp3) is 0.238. The van der Waals surface area contributed by atoms with Crippen LogP contribution in [0.5, 0.6) is 0 Å². The molecular weight excluding hydrogens is 346 g/mol. The van der Waals surface area contributed by atoms with Crippen LogP contribution < -0.4 is 0 Å². The summed E-state index contributed by atoms with van der Waals surface area (Å²) in [7, 11) is 0. The molecule has 2 heterocycles. The van der Waals surface area contributed by atoms with Crippen molar-refractivity contribution in [3.8, 4) is 0 Å². The fourth-order valence-corrected chi connectivity index (χ4v) is 3.84. The summed E-state index contributed by atoms with van der Waals surface area (Å²) in [6.07, 6.45) is 2.26. The van der Waals surface area contributed by atoms with Gasteiger partial charge in [-0.2, -0.15) is 0 Å². The minimum Gasteiger partial charge on any atom is -0.338 e. The second kappa shape index (κ2) is 6.96. The summed E-state index contributed by atoms with van der Waals surface area (Å²) in [6, 6.07) is 15.9. The molecule has 1 aliphatic rings. The first-order valence-electron chi connectivity index (χ1n) is 8.74. The van der Waals surface area contributed by atoms with Crippen molar-refractivity contribution in [3.05, 3.63) is 77.6 Å². The van der Waals surface area contributed by atoms with E-state index in [0.717, 1.165) is 27.4 Å². The van der Waals surface area contributed by atoms with E-state index in [0.29, 0.717) is 26.1 Å². The van der Waals surface area contributed by atoms with E-state index in [2.05, 4.69) is 17.2 Å². The van der Waals surface area contributed by atoms with E-state index < -0.39 is 0 Å². The Kier molecular flexibility index (Phi) is 4.51. The Morgan fingerprint density at radius 3 is 2.77 bits per heavy atom. The van der Waals surface area contributed by atoms with Crippen molar-refractivity contribution in [2.75, 3.05) is 13.1 Å². The zero-order valence-electron chi connectivity index (χ0n) is 14.4. The van der Waals surface area contributed by atoms with Gasteiger partial charge in [0.05, 0.1) is 17.6 Å². The van der Waals surface area contributed by atoms with Crippen molar-refractivity contribution in [2.45, 2.75) is 18.9 Å². The smallest absolute Gasteiger partial charge is 0.223 e. The Morgan fingerprint density at radius 2 is 1.96 bits per heavy atom. The number of imidazole rings is 1. The lowest BCUT2D eigenvalue weighted by atomic mass is 10.1. The molecule has 26 heavy (non-hydrogen) atoms. The molecule has 0 bridgehead atoms. The van der Waals surface area contributed by atoms with Crippen molar-refractivity contribution in [2.24, 2.45) is 0 Å². The number of carbonyl (C=O) groups excluding carboxylic acids is 1. The summed E-state index contributed by atoms with van der Waals surface area (Å²) in [5.41, 5.74) is 3.06. The number of fused-ring (bicyclic) bond motifs is 1. The van der Waals surface area contributed by atoms with Gasteiger partial charge >= 0.3 is 0 Å². The number of benzene rings is 2. The monoisotopic (exact) mass is 365 g/mol. The Labute approximate surface area is 157 Å². The molecule has 0 radical (unpaired) electrons. The summed E-state index contributed by atoms with van der Waals surface area (Å²) in [6.45, 7) is 5.65. The molecule has 1 aromatic heterocycles. The van der Waals surface area contributed by atoms with Gasteiger partial charge in [-0.3, -0.25) is 4.79 Å². The van der Waals surface area contributed by atoms with Crippen LogP contribution in [-0.4, -0.2) is 33.4 Å². The van der Waals surface area contributed by atoms with Gasteiger partial charge in [0.2, 0.25) is 5.91 Å². The highest BCUT2D eigenvalue weighted by Gasteiger charge is 2.33. The molecule has 1 atom stereocenters. The molecular formula is C21H20ClN3O. The van der Waals surface area contributed by atoms with Crippen LogP contribution in [0.15, 0.2) is 61.2 Å². The number of rotatable bonds is 5. The van der Waals surface area contributed by atoms with E-state index in [1.165, 1.54) is 0 Å². The van der Waals surface area contributed by atoms with Crippen LogP contribution in [0.4, 0.5) is 0 Å². The third-order valence-corrected chi connectivity index (χ3v) is 5.27. The molecule has 1 saturated heterocycles. The maximum absolute atomic E-state index is 12.3. The summed E-state index contributed by atoms with van der Waals surface area (Å²) in [5, 5.41) is 0.743. The number of aromatic nitrogens is 2. The first kappa shape index (κ1) is 16.9. The Hall–Kier alpha value is -2.59. The van der Waals surface area contributed by atoms with E-state index in [4.69, 9.17) is 16.6 Å². The molecule has 0 saturated carbocycles. The Bertz CT molecular complexity index is 978. The molecule has 0 N–H and O–H groups in total. The van der Waals surface area contributed by atoms with Crippen LogP contribution >= 0.6 is 11.6 Å². The average Bonchev–Trinajstić information content (AvgIpc) is 3.18. The van der Waals surface area contributed by atoms with Gasteiger partial charge in [0.1, 0.15) is 5.82 Å². The van der Waals surface area contributed by atoms with Gasteiger partial charge in [-0.25, -0.2) is 4.98 Å². The molecule has 4 nitrogen and oxygen atoms in total. The number of nitrogens with zero attached hydrogens (tertiary/aromatic N) is 3. The highest BCUT2D eigenvalue weighted by Crippen LogP contribution is 2.31. The lowest BCUT2D eigenvalue weighted by molar-refractivity contribution is -0.127. The van der Waals surface area contributed by atoms with Crippen LogP contribution in [0.2, 0.25) is 5.02 Å². The zero-order chi connectivity index (χ0) is 18.1. The van der Waals surface area contributed by atoms with Gasteiger partial charge in [0.15, 0.2) is 0 Å². The lowest BCUT2D eigenvalue weighted by Crippen LogP contribution is -2.25. The van der Waals surface area contributed by atoms with Gasteiger partial charge in [-0.05, 0) is 23.8 Å². The quantitative estimate of drug-likeness (QED) is 0.634. The number of hydrogen-bond donors (Lipinski definition) is 0. The van der Waals surface area contributed by atoms with Gasteiger partial charge in [-0.1, -0.05) is 48.0 Å². The van der Waals surface area contributed by atoms with E-state index >= 15 is 0 Å². The first-order valence-corrected chi connectivity index (χ1v) is 9.12. The predicted molar refractivity (Wildman–Crippen MR) is 104 cm³/mol. The third kappa shape index (κ3) is 3.01. The molecule has 0 aliphatic carbocycles. The van der Waals surface area contributed by atoms with E-state index in [-0.39, 0.29) is 11.8 Å². The standard InChI is InChI=1S/C21H20ClN3O/c1-2-11-24-13-16(12-20(24)26)21-23-18-9-5-6-10-19(18)25(21)14-15-7-3-4-8-17(15)22/h2-10,16H,1,11-14H2. The third-order valence-electron chi connectivity index (χ3n) is 4.90. The van der Waals surface area contributed by atoms with Gasteiger partial charge in [0.25, 0.3) is 0 Å². The van der Waals surface area contributed by atoms with Gasteiger partial charge in [0, 0.05) is 30.5 Å². The molecule has 5 heteroatoms. The normalized spacial score (nSPS) is 17.2. The zero-order valence-corrected chi connectivity index (χ0v) is 15.2. The van der Waals surface area contributed by atoms with Crippen molar-refractivity contribution in [3.63, 3.8) is 0 Å². The maximum atomic E-state index is 12.3. The largest absolute Gasteiger partial charge is 0.338 e. The summed E-state index contributed by atoms with van der Waals surface area (Å²) < 4.78 is 2.20. The highest BCUT2D eigenvalue weighted by molar-refractivity contribution is 6.31. The van der Waals surface area contributed by atoms with E-state index in [9.17, 15) is 4.79 Å². The number of carbonyl (C=O) groups is 1. The van der Waals surface area contributed by atoms with Crippen molar-refractivity contribution >= 4 is 28.5 Å². The second-order valence-corrected chi connectivity index (χ2v) is 7.03. The van der Waals surface area contributed by atoms with Crippen molar-refractivity contribution < 1.29 is 4.79 Å². The summed E-state index contributed by atoms with van der Waals surface area (Å²) in [4.78, 5) is 19.0. The van der Waals surface area contributed by atoms with Crippen molar-refractivity contribution in [1.82, 2.24) is 14.5 Å². The molecule has 1 amide bonds. The van der Waals surface area contributed by atoms with Crippen LogP contribution in [-0.2, 0) is 11.3 Å². The topological polar surface area (TPSA) is 38.1 Å². The predicted octanol–water partition coefficient (Wildman–Crippen LogP) is 4.24. The van der Waals surface area contributed by atoms with Crippen LogP contribution in [0, 0.1) is 0 Å². The second-order valence-electron chi connectivity index (χ2n) is 6.62. The van der Waals surface area contributed by atoms with Gasteiger partial charge < -0.3 is 9.47 Å². The molecule has 1 aliphatic heterocycles. The molecule has 1 fully saturated rings. The lowest BCUT2D eigenvalue weighted by Gasteiger charge is -2.16. The first-order chi connectivity index (χ1) is 12.7. The fourth-order valence-electron chi connectivity index (χ4n) is 3.65. The summed E-state index contributed by atoms with van der Waals surface area (Å²) in [5.74, 6) is 1.19. The minimum absolute atomic E-state index is 0.0809. The number of hydrogen-bond acceptors (Lipinski definition) is 2. The molecule has 4 rings (SSSR count). The maximum Gasteiger partial charge on any atom is 0.223 e. The van der Waals surface area contributed by atoms with Gasteiger partial charge in [-0.15, -0.1) is 6.58 Å². The average molecular weight is 366 g/mol. The number of halogens is 1. The van der Waals surface area contributed by atoms with Crippen LogP contribution in [0.3, 0.4) is 0 Å². The van der Waals surface area contributed by atoms with Crippen LogP contribution in [0.25, 0.3) is 11.0 Å². The van der Waals surface area contributed by atoms with E-state index in [1.807, 2.05) is 47.4 Å². The Morgan fingerprint density at radius 1 is 1.19 bits per heavy atom. The molecule has 3 aromatic rings. The highest BCUT2D eigenvalue weighted by atomic mass is 35.5. The van der Waals surface area contributed by atoms with Crippen molar-refractivity contribution in [1.29, 1.82) is 0 Å².